The van der Waals surface area contributed by atoms with Gasteiger partial charge in [-0.3, -0.25) is 4.90 Å². The molecule has 0 radical (unpaired) electrons. The van der Waals surface area contributed by atoms with Crippen LogP contribution in [0, 0.1) is 4.77 Å². The number of nitrogens with zero attached hydrogens (tertiary/aromatic N) is 2. The zero-order chi connectivity index (χ0) is 14.1. The standard InChI is InChI=1S/C15H21N3OS/c1-11(17-7-3-4-8-17)10-18-14-9-12(19-2)5-6-13(14)16-15(18)20/h5-6,9,11H,3-4,7-8,10H2,1-2H3,(H,16,20). The molecule has 3 rings (SSSR count). The molecule has 2 heterocycles. The predicted octanol–water partition coefficient (Wildman–Crippen LogP) is 3.19. The van der Waals surface area contributed by atoms with Crippen LogP contribution in [0.4, 0.5) is 0 Å². The van der Waals surface area contributed by atoms with E-state index in [2.05, 4.69) is 27.4 Å². The van der Waals surface area contributed by atoms with Crippen LogP contribution in [0.15, 0.2) is 18.2 Å². The third-order valence-corrected chi connectivity index (χ3v) is 4.52. The van der Waals surface area contributed by atoms with Crippen LogP contribution in [0.3, 0.4) is 0 Å². The number of rotatable bonds is 4. The first-order valence-corrected chi connectivity index (χ1v) is 7.60. The lowest BCUT2D eigenvalue weighted by Gasteiger charge is -2.24. The number of likely N-dealkylation sites (tertiary alicyclic amines) is 1. The summed E-state index contributed by atoms with van der Waals surface area (Å²) in [5, 5.41) is 0. The van der Waals surface area contributed by atoms with E-state index >= 15 is 0 Å². The summed E-state index contributed by atoms with van der Waals surface area (Å²) in [7, 11) is 1.69. The SMILES string of the molecule is COc1ccc2[nH]c(=S)n(CC(C)N3CCCC3)c2c1. The van der Waals surface area contributed by atoms with Gasteiger partial charge in [-0.2, -0.15) is 0 Å². The van der Waals surface area contributed by atoms with Gasteiger partial charge in [-0.1, -0.05) is 0 Å². The van der Waals surface area contributed by atoms with Gasteiger partial charge in [-0.05, 0) is 57.2 Å². The van der Waals surface area contributed by atoms with Crippen molar-refractivity contribution in [3.8, 4) is 5.75 Å². The van der Waals surface area contributed by atoms with Crippen molar-refractivity contribution in [2.75, 3.05) is 20.2 Å². The van der Waals surface area contributed by atoms with E-state index in [4.69, 9.17) is 17.0 Å². The highest BCUT2D eigenvalue weighted by Gasteiger charge is 2.19. The number of ether oxygens (including phenoxy) is 1. The summed E-state index contributed by atoms with van der Waals surface area (Å²) in [6, 6.07) is 6.55. The number of H-pyrrole nitrogens is 1. The average molecular weight is 291 g/mol. The van der Waals surface area contributed by atoms with E-state index in [1.54, 1.807) is 7.11 Å². The number of aromatic nitrogens is 2. The molecule has 1 unspecified atom stereocenters. The van der Waals surface area contributed by atoms with Crippen LogP contribution < -0.4 is 4.74 Å². The fourth-order valence-electron chi connectivity index (χ4n) is 3.00. The molecule has 2 aromatic rings. The number of nitrogens with one attached hydrogen (secondary N) is 1. The molecule has 0 bridgehead atoms. The molecule has 108 valence electrons. The van der Waals surface area contributed by atoms with Gasteiger partial charge in [0.05, 0.1) is 18.1 Å². The second-order valence-electron chi connectivity index (χ2n) is 5.52. The molecule has 0 spiro atoms. The molecular formula is C15H21N3OS. The minimum Gasteiger partial charge on any atom is -0.497 e. The first-order chi connectivity index (χ1) is 9.69. The maximum atomic E-state index is 5.47. The predicted molar refractivity (Wildman–Crippen MR) is 83.9 cm³/mol. The minimum atomic E-state index is 0.509. The van der Waals surface area contributed by atoms with E-state index in [9.17, 15) is 0 Å². The fourth-order valence-corrected chi connectivity index (χ4v) is 3.29. The van der Waals surface area contributed by atoms with Crippen molar-refractivity contribution in [3.63, 3.8) is 0 Å². The molecular weight excluding hydrogens is 270 g/mol. The Labute approximate surface area is 124 Å². The Balaban J connectivity index is 1.93. The van der Waals surface area contributed by atoms with E-state index < -0.39 is 0 Å². The summed E-state index contributed by atoms with van der Waals surface area (Å²) < 4.78 is 8.30. The molecule has 20 heavy (non-hydrogen) atoms. The Kier molecular flexibility index (Phi) is 3.81. The lowest BCUT2D eigenvalue weighted by molar-refractivity contribution is 0.237. The van der Waals surface area contributed by atoms with Crippen LogP contribution in [-0.4, -0.2) is 40.7 Å². The highest BCUT2D eigenvalue weighted by molar-refractivity contribution is 7.71. The van der Waals surface area contributed by atoms with Crippen molar-refractivity contribution >= 4 is 23.3 Å². The molecule has 4 nitrogen and oxygen atoms in total. The van der Waals surface area contributed by atoms with Crippen molar-refractivity contribution < 1.29 is 4.74 Å². The molecule has 1 atom stereocenters. The Hall–Kier alpha value is -1.33. The monoisotopic (exact) mass is 291 g/mol. The van der Waals surface area contributed by atoms with Crippen LogP contribution in [0.1, 0.15) is 19.8 Å². The molecule has 0 amide bonds. The Morgan fingerprint density at radius 3 is 2.80 bits per heavy atom. The Morgan fingerprint density at radius 2 is 2.10 bits per heavy atom. The van der Waals surface area contributed by atoms with Crippen LogP contribution in [0.5, 0.6) is 5.75 Å². The second kappa shape index (κ2) is 5.58. The number of benzene rings is 1. The third-order valence-electron chi connectivity index (χ3n) is 4.19. The van der Waals surface area contributed by atoms with Crippen molar-refractivity contribution in [3.05, 3.63) is 23.0 Å². The summed E-state index contributed by atoms with van der Waals surface area (Å²) >= 11 is 5.47. The molecule has 1 aromatic heterocycles. The van der Waals surface area contributed by atoms with E-state index in [1.165, 1.54) is 25.9 Å². The largest absolute Gasteiger partial charge is 0.497 e. The second-order valence-corrected chi connectivity index (χ2v) is 5.90. The van der Waals surface area contributed by atoms with Gasteiger partial charge in [-0.15, -0.1) is 0 Å². The highest BCUT2D eigenvalue weighted by atomic mass is 32.1. The number of hydrogen-bond donors (Lipinski definition) is 1. The molecule has 1 aliphatic heterocycles. The highest BCUT2D eigenvalue weighted by Crippen LogP contribution is 2.22. The number of imidazole rings is 1. The van der Waals surface area contributed by atoms with Crippen LogP contribution in [-0.2, 0) is 6.54 Å². The normalized spacial score (nSPS) is 17.7. The number of fused-ring (bicyclic) bond motifs is 1. The number of methoxy groups -OCH3 is 1. The molecule has 1 aromatic carbocycles. The maximum absolute atomic E-state index is 5.47. The van der Waals surface area contributed by atoms with E-state index in [0.29, 0.717) is 6.04 Å². The van der Waals surface area contributed by atoms with Crippen molar-refractivity contribution in [2.45, 2.75) is 32.4 Å². The van der Waals surface area contributed by atoms with Crippen molar-refractivity contribution in [2.24, 2.45) is 0 Å². The summed E-state index contributed by atoms with van der Waals surface area (Å²) in [4.78, 5) is 5.82. The molecule has 0 saturated carbocycles. The number of aromatic amines is 1. The molecule has 0 aliphatic carbocycles. The van der Waals surface area contributed by atoms with Crippen molar-refractivity contribution in [1.29, 1.82) is 0 Å². The zero-order valence-electron chi connectivity index (χ0n) is 12.1. The fraction of sp³-hybridized carbons (Fsp3) is 0.533. The quantitative estimate of drug-likeness (QED) is 0.878. The lowest BCUT2D eigenvalue weighted by Crippen LogP contribution is -2.33. The topological polar surface area (TPSA) is 33.2 Å². The molecule has 1 fully saturated rings. The lowest BCUT2D eigenvalue weighted by atomic mass is 10.2. The van der Waals surface area contributed by atoms with Gasteiger partial charge < -0.3 is 14.3 Å². The average Bonchev–Trinajstić information content (AvgIpc) is 3.07. The smallest absolute Gasteiger partial charge is 0.178 e. The van der Waals surface area contributed by atoms with Crippen molar-refractivity contribution in [1.82, 2.24) is 14.5 Å². The van der Waals surface area contributed by atoms with E-state index in [0.717, 1.165) is 28.1 Å². The number of hydrogen-bond acceptors (Lipinski definition) is 3. The Morgan fingerprint density at radius 1 is 1.35 bits per heavy atom. The first-order valence-electron chi connectivity index (χ1n) is 7.19. The third kappa shape index (κ3) is 2.47. The zero-order valence-corrected chi connectivity index (χ0v) is 12.9. The maximum Gasteiger partial charge on any atom is 0.178 e. The summed E-state index contributed by atoms with van der Waals surface area (Å²) in [6.45, 7) is 5.62. The van der Waals surface area contributed by atoms with Crippen LogP contribution in [0.2, 0.25) is 0 Å². The Bertz CT molecular complexity index is 655. The van der Waals surface area contributed by atoms with Gasteiger partial charge in [0.1, 0.15) is 5.75 Å². The van der Waals surface area contributed by atoms with Gasteiger partial charge in [0.15, 0.2) is 4.77 Å². The first kappa shape index (κ1) is 13.6. The molecule has 1 saturated heterocycles. The molecule has 1 N–H and O–H groups in total. The van der Waals surface area contributed by atoms with E-state index in [1.807, 2.05) is 12.1 Å². The van der Waals surface area contributed by atoms with Crippen LogP contribution >= 0.6 is 12.2 Å². The van der Waals surface area contributed by atoms with Crippen LogP contribution in [0.25, 0.3) is 11.0 Å². The van der Waals surface area contributed by atoms with Gasteiger partial charge in [0.2, 0.25) is 0 Å². The molecule has 5 heteroatoms. The van der Waals surface area contributed by atoms with Gasteiger partial charge >= 0.3 is 0 Å². The minimum absolute atomic E-state index is 0.509. The van der Waals surface area contributed by atoms with Gasteiger partial charge in [0, 0.05) is 18.7 Å². The summed E-state index contributed by atoms with van der Waals surface area (Å²) in [5.74, 6) is 0.870. The molecule has 1 aliphatic rings. The summed E-state index contributed by atoms with van der Waals surface area (Å²) in [6.07, 6.45) is 2.63. The van der Waals surface area contributed by atoms with Gasteiger partial charge in [-0.25, -0.2) is 0 Å². The van der Waals surface area contributed by atoms with Gasteiger partial charge in [0.25, 0.3) is 0 Å². The summed E-state index contributed by atoms with van der Waals surface area (Å²) in [5.41, 5.74) is 2.20. The van der Waals surface area contributed by atoms with E-state index in [-0.39, 0.29) is 0 Å².